The number of alkyl halides is 3. The Hall–Kier alpha value is -4.15. The van der Waals surface area contributed by atoms with Crippen molar-refractivity contribution in [2.24, 2.45) is 7.05 Å². The van der Waals surface area contributed by atoms with Gasteiger partial charge in [0.25, 0.3) is 0 Å². The van der Waals surface area contributed by atoms with Gasteiger partial charge in [-0.05, 0) is 54.1 Å². The van der Waals surface area contributed by atoms with Gasteiger partial charge in [-0.1, -0.05) is 6.07 Å². The first-order valence-corrected chi connectivity index (χ1v) is 9.80. The van der Waals surface area contributed by atoms with E-state index in [1.54, 1.807) is 0 Å². The summed E-state index contributed by atoms with van der Waals surface area (Å²) >= 11 is 0. The number of halogens is 5. The molecule has 1 amide bonds. The van der Waals surface area contributed by atoms with Crippen LogP contribution in [0.4, 0.5) is 27.6 Å². The highest BCUT2D eigenvalue weighted by atomic mass is 19.4. The smallest absolute Gasteiger partial charge is 0.416 e. The predicted octanol–water partition coefficient (Wildman–Crippen LogP) is 4.65. The van der Waals surface area contributed by atoms with Gasteiger partial charge in [0.05, 0.1) is 16.6 Å². The highest BCUT2D eigenvalue weighted by Gasteiger charge is 2.33. The molecule has 0 aliphatic carbocycles. The van der Waals surface area contributed by atoms with E-state index in [2.05, 4.69) is 5.32 Å². The third kappa shape index (κ3) is 4.24. The number of phenolic OH excluding ortho intramolecular Hbond substituents is 1. The molecular weight excluding hydrogens is 461 g/mol. The minimum Gasteiger partial charge on any atom is -0.505 e. The van der Waals surface area contributed by atoms with E-state index >= 15 is 0 Å². The number of phenols is 1. The van der Waals surface area contributed by atoms with E-state index in [1.807, 2.05) is 0 Å². The Balaban J connectivity index is 1.87. The number of hydrogen-bond donors (Lipinski definition) is 2. The number of carbonyl (C=O) groups excluding carboxylic acids is 1. The number of nitrogens with zero attached hydrogens (tertiary/aromatic N) is 2. The Bertz CT molecular complexity index is 1470. The molecule has 0 fully saturated rings. The highest BCUT2D eigenvalue weighted by Crippen LogP contribution is 2.37. The minimum absolute atomic E-state index is 0.00471. The molecule has 6 nitrogen and oxygen atoms in total. The lowest BCUT2D eigenvalue weighted by Crippen LogP contribution is -2.28. The van der Waals surface area contributed by atoms with Gasteiger partial charge in [-0.3, -0.25) is 13.9 Å². The van der Waals surface area contributed by atoms with Gasteiger partial charge in [-0.2, -0.15) is 13.2 Å². The number of rotatable bonds is 4. The quantitative estimate of drug-likeness (QED) is 0.421. The standard InChI is InChI=1S/C23H16F5N3O3/c1-30-21-16(12-2-7-19(32)17(25)8-12)9-13(23(26,27)28)10-18(21)31(22(30)34)11-20(33)29-15-5-3-14(24)4-6-15/h2-10,32H,11H2,1H3,(H,29,33). The van der Waals surface area contributed by atoms with Gasteiger partial charge in [0.15, 0.2) is 11.6 Å². The van der Waals surface area contributed by atoms with Crippen molar-refractivity contribution in [2.45, 2.75) is 12.7 Å². The fourth-order valence-electron chi connectivity index (χ4n) is 3.65. The van der Waals surface area contributed by atoms with Crippen LogP contribution in [-0.2, 0) is 24.6 Å². The van der Waals surface area contributed by atoms with Crippen LogP contribution in [0, 0.1) is 11.6 Å². The second-order valence-electron chi connectivity index (χ2n) is 7.54. The molecule has 4 rings (SSSR count). The van der Waals surface area contributed by atoms with Crippen molar-refractivity contribution in [3.05, 3.63) is 82.3 Å². The van der Waals surface area contributed by atoms with Crippen molar-refractivity contribution in [2.75, 3.05) is 5.32 Å². The molecule has 4 aromatic rings. The zero-order valence-electron chi connectivity index (χ0n) is 17.5. The molecule has 3 aromatic carbocycles. The van der Waals surface area contributed by atoms with E-state index in [9.17, 15) is 36.6 Å². The fourth-order valence-corrected chi connectivity index (χ4v) is 3.65. The maximum Gasteiger partial charge on any atom is 0.416 e. The van der Waals surface area contributed by atoms with Crippen molar-refractivity contribution in [1.82, 2.24) is 9.13 Å². The summed E-state index contributed by atoms with van der Waals surface area (Å²) in [6.07, 6.45) is -4.80. The Kier molecular flexibility index (Phi) is 5.64. The van der Waals surface area contributed by atoms with Crippen LogP contribution in [0.25, 0.3) is 22.2 Å². The number of carbonyl (C=O) groups is 1. The van der Waals surface area contributed by atoms with Crippen LogP contribution in [0.1, 0.15) is 5.56 Å². The number of benzene rings is 3. The molecule has 0 radical (unpaired) electrons. The van der Waals surface area contributed by atoms with E-state index in [0.29, 0.717) is 0 Å². The number of nitrogens with one attached hydrogen (secondary N) is 1. The molecule has 0 aliphatic rings. The van der Waals surface area contributed by atoms with Gasteiger partial charge in [0, 0.05) is 18.3 Å². The summed E-state index contributed by atoms with van der Waals surface area (Å²) in [5.74, 6) is -2.99. The molecule has 2 N–H and O–H groups in total. The maximum atomic E-state index is 14.0. The van der Waals surface area contributed by atoms with Crippen molar-refractivity contribution in [1.29, 1.82) is 0 Å². The molecular formula is C23H16F5N3O3. The van der Waals surface area contributed by atoms with E-state index in [4.69, 9.17) is 0 Å². The highest BCUT2D eigenvalue weighted by molar-refractivity contribution is 5.96. The minimum atomic E-state index is -4.80. The average molecular weight is 477 g/mol. The normalized spacial score (nSPS) is 11.7. The van der Waals surface area contributed by atoms with Crippen LogP contribution in [0.5, 0.6) is 5.75 Å². The Labute approximate surface area is 188 Å². The topological polar surface area (TPSA) is 76.3 Å². The zero-order valence-corrected chi connectivity index (χ0v) is 17.5. The molecule has 0 atom stereocenters. The summed E-state index contributed by atoms with van der Waals surface area (Å²) < 4.78 is 69.9. The lowest BCUT2D eigenvalue weighted by molar-refractivity contribution is -0.137. The number of hydrogen-bond acceptors (Lipinski definition) is 3. The molecule has 11 heteroatoms. The fraction of sp³-hybridized carbons (Fsp3) is 0.130. The van der Waals surface area contributed by atoms with Crippen LogP contribution >= 0.6 is 0 Å². The first-order chi connectivity index (χ1) is 16.0. The molecule has 0 aliphatic heterocycles. The Morgan fingerprint density at radius 3 is 2.32 bits per heavy atom. The lowest BCUT2D eigenvalue weighted by atomic mass is 10.00. The molecule has 176 valence electrons. The van der Waals surface area contributed by atoms with Gasteiger partial charge in [-0.25, -0.2) is 13.6 Å². The van der Waals surface area contributed by atoms with Crippen molar-refractivity contribution in [3.63, 3.8) is 0 Å². The SMILES string of the molecule is Cn1c(=O)n(CC(=O)Nc2ccc(F)cc2)c2cc(C(F)(F)F)cc(-c3ccc(O)c(F)c3)c21. The van der Waals surface area contributed by atoms with Gasteiger partial charge in [0.1, 0.15) is 12.4 Å². The van der Waals surface area contributed by atoms with Crippen LogP contribution in [0.15, 0.2) is 59.4 Å². The number of amides is 1. The number of fused-ring (bicyclic) bond motifs is 1. The van der Waals surface area contributed by atoms with Crippen molar-refractivity contribution >= 4 is 22.6 Å². The van der Waals surface area contributed by atoms with Gasteiger partial charge >= 0.3 is 11.9 Å². The number of aryl methyl sites for hydroxylation is 1. The van der Waals surface area contributed by atoms with E-state index in [0.717, 1.165) is 45.5 Å². The molecule has 1 aromatic heterocycles. The molecule has 1 heterocycles. The second kappa shape index (κ2) is 8.32. The Morgan fingerprint density at radius 1 is 1.03 bits per heavy atom. The number of aromatic nitrogens is 2. The van der Waals surface area contributed by atoms with Gasteiger partial charge < -0.3 is 10.4 Å². The molecule has 0 saturated heterocycles. The summed E-state index contributed by atoms with van der Waals surface area (Å²) in [6.45, 7) is -0.627. The van der Waals surface area contributed by atoms with Crippen LogP contribution in [-0.4, -0.2) is 20.1 Å². The monoisotopic (exact) mass is 477 g/mol. The van der Waals surface area contributed by atoms with E-state index in [-0.39, 0.29) is 27.8 Å². The predicted molar refractivity (Wildman–Crippen MR) is 114 cm³/mol. The summed E-state index contributed by atoms with van der Waals surface area (Å²) in [7, 11) is 1.31. The number of anilines is 1. The van der Waals surface area contributed by atoms with Crippen LogP contribution < -0.4 is 11.0 Å². The van der Waals surface area contributed by atoms with Crippen LogP contribution in [0.2, 0.25) is 0 Å². The maximum absolute atomic E-state index is 14.0. The molecule has 34 heavy (non-hydrogen) atoms. The van der Waals surface area contributed by atoms with E-state index < -0.39 is 47.3 Å². The first-order valence-electron chi connectivity index (χ1n) is 9.80. The largest absolute Gasteiger partial charge is 0.505 e. The summed E-state index contributed by atoms with van der Waals surface area (Å²) in [6, 6.07) is 9.37. The van der Waals surface area contributed by atoms with Gasteiger partial charge in [-0.15, -0.1) is 0 Å². The third-order valence-electron chi connectivity index (χ3n) is 5.25. The second-order valence-corrected chi connectivity index (χ2v) is 7.54. The van der Waals surface area contributed by atoms with Crippen molar-refractivity contribution < 1.29 is 31.9 Å². The molecule has 0 spiro atoms. The average Bonchev–Trinajstić information content (AvgIpc) is 3.01. The van der Waals surface area contributed by atoms with Gasteiger partial charge in [0.2, 0.25) is 5.91 Å². The number of aromatic hydroxyl groups is 1. The molecule has 0 saturated carbocycles. The first kappa shape index (κ1) is 23.0. The number of imidazole rings is 1. The van der Waals surface area contributed by atoms with Crippen LogP contribution in [0.3, 0.4) is 0 Å². The summed E-state index contributed by atoms with van der Waals surface area (Å²) in [4.78, 5) is 25.4. The third-order valence-corrected chi connectivity index (χ3v) is 5.25. The summed E-state index contributed by atoms with van der Waals surface area (Å²) in [5.41, 5.74) is -1.92. The lowest BCUT2D eigenvalue weighted by Gasteiger charge is -2.13. The summed E-state index contributed by atoms with van der Waals surface area (Å²) in [5, 5.41) is 11.9. The Morgan fingerprint density at radius 2 is 1.71 bits per heavy atom. The van der Waals surface area contributed by atoms with Crippen molar-refractivity contribution in [3.8, 4) is 16.9 Å². The molecule has 0 unspecified atom stereocenters. The molecule has 0 bridgehead atoms. The zero-order chi connectivity index (χ0) is 24.8. The van der Waals surface area contributed by atoms with E-state index in [1.165, 1.54) is 25.2 Å².